The number of fused-ring (bicyclic) bond motifs is 1. The van der Waals surface area contributed by atoms with Gasteiger partial charge in [-0.1, -0.05) is 6.07 Å². The second kappa shape index (κ2) is 4.20. The summed E-state index contributed by atoms with van der Waals surface area (Å²) in [6.45, 7) is 1.65. The molecule has 0 amide bonds. The van der Waals surface area contributed by atoms with E-state index in [9.17, 15) is 4.79 Å². The monoisotopic (exact) mass is 252 g/mol. The second-order valence-electron chi connectivity index (χ2n) is 4.34. The van der Waals surface area contributed by atoms with Crippen LogP contribution in [-0.2, 0) is 0 Å². The fourth-order valence-corrected chi connectivity index (χ4v) is 1.91. The van der Waals surface area contributed by atoms with Crippen molar-refractivity contribution in [1.29, 1.82) is 0 Å². The number of aromatic amines is 1. The van der Waals surface area contributed by atoms with Gasteiger partial charge in [-0.25, -0.2) is 4.98 Å². The number of pyridine rings is 1. The SMILES string of the molecule is Cc1c(N)nc(-c2ccc3ncccc3c2)[nH]c1=O. The first-order valence-corrected chi connectivity index (χ1v) is 5.87. The zero-order valence-electron chi connectivity index (χ0n) is 10.3. The van der Waals surface area contributed by atoms with Gasteiger partial charge in [0.05, 0.1) is 11.1 Å². The van der Waals surface area contributed by atoms with E-state index in [1.807, 2.05) is 30.3 Å². The van der Waals surface area contributed by atoms with Gasteiger partial charge in [0, 0.05) is 17.1 Å². The highest BCUT2D eigenvalue weighted by Gasteiger charge is 2.07. The minimum absolute atomic E-state index is 0.214. The number of nitrogen functional groups attached to an aromatic ring is 1. The van der Waals surface area contributed by atoms with Gasteiger partial charge in [-0.15, -0.1) is 0 Å². The van der Waals surface area contributed by atoms with Crippen LogP contribution in [0.1, 0.15) is 5.56 Å². The Morgan fingerprint density at radius 1 is 1.26 bits per heavy atom. The van der Waals surface area contributed by atoms with Gasteiger partial charge in [-0.05, 0) is 31.2 Å². The number of nitrogens with one attached hydrogen (secondary N) is 1. The Morgan fingerprint density at radius 3 is 2.89 bits per heavy atom. The molecule has 1 aromatic carbocycles. The summed E-state index contributed by atoms with van der Waals surface area (Å²) < 4.78 is 0. The lowest BCUT2D eigenvalue weighted by atomic mass is 10.1. The molecule has 2 heterocycles. The highest BCUT2D eigenvalue weighted by atomic mass is 16.1. The van der Waals surface area contributed by atoms with Crippen LogP contribution in [0.2, 0.25) is 0 Å². The molecule has 5 heteroatoms. The van der Waals surface area contributed by atoms with Crippen LogP contribution in [0.4, 0.5) is 5.82 Å². The minimum Gasteiger partial charge on any atom is -0.383 e. The number of benzene rings is 1. The second-order valence-corrected chi connectivity index (χ2v) is 4.34. The fourth-order valence-electron chi connectivity index (χ4n) is 1.91. The number of aromatic nitrogens is 3. The maximum Gasteiger partial charge on any atom is 0.256 e. The molecule has 3 rings (SSSR count). The van der Waals surface area contributed by atoms with E-state index in [0.29, 0.717) is 11.4 Å². The van der Waals surface area contributed by atoms with Crippen LogP contribution in [0.5, 0.6) is 0 Å². The molecule has 0 unspecified atom stereocenters. The first-order valence-electron chi connectivity index (χ1n) is 5.87. The Morgan fingerprint density at radius 2 is 2.11 bits per heavy atom. The van der Waals surface area contributed by atoms with Gasteiger partial charge in [0.15, 0.2) is 0 Å². The van der Waals surface area contributed by atoms with E-state index in [4.69, 9.17) is 5.73 Å². The van der Waals surface area contributed by atoms with E-state index in [1.165, 1.54) is 0 Å². The largest absolute Gasteiger partial charge is 0.383 e. The number of nitrogens with two attached hydrogens (primary N) is 1. The molecule has 3 aromatic rings. The van der Waals surface area contributed by atoms with Crippen LogP contribution < -0.4 is 11.3 Å². The lowest BCUT2D eigenvalue weighted by Gasteiger charge is -2.05. The number of hydrogen-bond acceptors (Lipinski definition) is 4. The topological polar surface area (TPSA) is 84.7 Å². The maximum absolute atomic E-state index is 11.7. The molecule has 0 aliphatic heterocycles. The smallest absolute Gasteiger partial charge is 0.256 e. The van der Waals surface area contributed by atoms with Crippen LogP contribution in [0, 0.1) is 6.92 Å². The molecule has 0 atom stereocenters. The Hall–Kier alpha value is -2.69. The lowest BCUT2D eigenvalue weighted by Crippen LogP contribution is -2.15. The third-order valence-electron chi connectivity index (χ3n) is 3.07. The summed E-state index contributed by atoms with van der Waals surface area (Å²) in [5, 5.41) is 0.988. The van der Waals surface area contributed by atoms with Crippen molar-refractivity contribution in [2.75, 3.05) is 5.73 Å². The van der Waals surface area contributed by atoms with E-state index in [0.717, 1.165) is 16.5 Å². The summed E-state index contributed by atoms with van der Waals surface area (Å²) in [6, 6.07) is 9.51. The standard InChI is InChI=1S/C14H12N4O/c1-8-12(15)17-13(18-14(8)19)10-4-5-11-9(7-10)3-2-6-16-11/h2-7H,1H3,(H3,15,17,18,19). The highest BCUT2D eigenvalue weighted by Crippen LogP contribution is 2.20. The van der Waals surface area contributed by atoms with Crippen LogP contribution in [0.15, 0.2) is 41.3 Å². The summed E-state index contributed by atoms with van der Waals surface area (Å²) in [4.78, 5) is 22.9. The summed E-state index contributed by atoms with van der Waals surface area (Å²) >= 11 is 0. The number of anilines is 1. The van der Waals surface area contributed by atoms with Gasteiger partial charge in [-0.3, -0.25) is 9.78 Å². The van der Waals surface area contributed by atoms with E-state index in [1.54, 1.807) is 13.1 Å². The van der Waals surface area contributed by atoms with Gasteiger partial charge >= 0.3 is 0 Å². The first-order chi connectivity index (χ1) is 9.15. The average Bonchev–Trinajstić information content (AvgIpc) is 2.43. The summed E-state index contributed by atoms with van der Waals surface area (Å²) in [5.74, 6) is 0.726. The number of hydrogen-bond donors (Lipinski definition) is 2. The third kappa shape index (κ3) is 1.95. The van der Waals surface area contributed by atoms with Crippen LogP contribution in [0.25, 0.3) is 22.3 Å². The van der Waals surface area contributed by atoms with E-state index in [-0.39, 0.29) is 11.4 Å². The predicted molar refractivity (Wildman–Crippen MR) is 74.7 cm³/mol. The van der Waals surface area contributed by atoms with Crippen molar-refractivity contribution in [2.45, 2.75) is 6.92 Å². The molecule has 0 bridgehead atoms. The Balaban J connectivity index is 2.22. The van der Waals surface area contributed by atoms with Crippen LogP contribution in [0.3, 0.4) is 0 Å². The molecule has 19 heavy (non-hydrogen) atoms. The predicted octanol–water partition coefficient (Wildman–Crippen LogP) is 1.88. The van der Waals surface area contributed by atoms with Gasteiger partial charge in [0.1, 0.15) is 11.6 Å². The molecule has 0 saturated carbocycles. The zero-order chi connectivity index (χ0) is 13.4. The molecule has 0 radical (unpaired) electrons. The van der Waals surface area contributed by atoms with Crippen molar-refractivity contribution < 1.29 is 0 Å². The van der Waals surface area contributed by atoms with Crippen molar-refractivity contribution >= 4 is 16.7 Å². The van der Waals surface area contributed by atoms with Crippen molar-refractivity contribution in [1.82, 2.24) is 15.0 Å². The third-order valence-corrected chi connectivity index (χ3v) is 3.07. The molecular formula is C14H12N4O. The van der Waals surface area contributed by atoms with E-state index in [2.05, 4.69) is 15.0 Å². The van der Waals surface area contributed by atoms with Gasteiger partial charge < -0.3 is 10.7 Å². The van der Waals surface area contributed by atoms with Crippen LogP contribution >= 0.6 is 0 Å². The molecule has 2 aromatic heterocycles. The lowest BCUT2D eigenvalue weighted by molar-refractivity contribution is 1.10. The van der Waals surface area contributed by atoms with Crippen molar-refractivity contribution in [3.05, 3.63) is 52.4 Å². The van der Waals surface area contributed by atoms with Gasteiger partial charge in [0.2, 0.25) is 0 Å². The quantitative estimate of drug-likeness (QED) is 0.692. The molecule has 5 nitrogen and oxygen atoms in total. The number of H-pyrrole nitrogens is 1. The molecule has 94 valence electrons. The van der Waals surface area contributed by atoms with Gasteiger partial charge in [-0.2, -0.15) is 0 Å². The fraction of sp³-hybridized carbons (Fsp3) is 0.0714. The van der Waals surface area contributed by atoms with Gasteiger partial charge in [0.25, 0.3) is 5.56 Å². The first kappa shape index (κ1) is 11.4. The van der Waals surface area contributed by atoms with Crippen LogP contribution in [-0.4, -0.2) is 15.0 Å². The zero-order valence-corrected chi connectivity index (χ0v) is 10.3. The number of nitrogens with zero attached hydrogens (tertiary/aromatic N) is 2. The van der Waals surface area contributed by atoms with E-state index < -0.39 is 0 Å². The Kier molecular flexibility index (Phi) is 2.52. The summed E-state index contributed by atoms with van der Waals surface area (Å²) in [7, 11) is 0. The van der Waals surface area contributed by atoms with Crippen molar-refractivity contribution in [3.8, 4) is 11.4 Å². The highest BCUT2D eigenvalue weighted by molar-refractivity contribution is 5.83. The normalized spacial score (nSPS) is 10.8. The molecule has 0 aliphatic carbocycles. The molecule has 0 fully saturated rings. The maximum atomic E-state index is 11.7. The molecule has 0 saturated heterocycles. The summed E-state index contributed by atoms with van der Waals surface area (Å²) in [6.07, 6.45) is 1.74. The number of rotatable bonds is 1. The molecule has 0 aliphatic rings. The van der Waals surface area contributed by atoms with Crippen molar-refractivity contribution in [3.63, 3.8) is 0 Å². The average molecular weight is 252 g/mol. The van der Waals surface area contributed by atoms with Crippen molar-refractivity contribution in [2.24, 2.45) is 0 Å². The molecular weight excluding hydrogens is 240 g/mol. The Bertz CT molecular complexity index is 823. The molecule has 3 N–H and O–H groups in total. The van der Waals surface area contributed by atoms with E-state index >= 15 is 0 Å². The molecule has 0 spiro atoms. The summed E-state index contributed by atoms with van der Waals surface area (Å²) in [5.41, 5.74) is 7.66. The Labute approximate surface area is 109 Å². The minimum atomic E-state index is -0.214.